The van der Waals surface area contributed by atoms with Crippen LogP contribution in [0, 0.1) is 11.3 Å². The first-order valence-electron chi connectivity index (χ1n) is 4.83. The predicted octanol–water partition coefficient (Wildman–Crippen LogP) is 5.13. The van der Waals surface area contributed by atoms with E-state index in [1.54, 1.807) is 23.9 Å². The quantitative estimate of drug-likeness (QED) is 0.765. The van der Waals surface area contributed by atoms with Crippen molar-refractivity contribution < 1.29 is 0 Å². The van der Waals surface area contributed by atoms with Crippen LogP contribution in [-0.2, 0) is 0 Å². The molecule has 0 radical (unpaired) electrons. The van der Waals surface area contributed by atoms with Crippen LogP contribution in [0.25, 0.3) is 0 Å². The molecule has 0 unspecified atom stereocenters. The van der Waals surface area contributed by atoms with Crippen LogP contribution in [0.4, 0.5) is 0 Å². The van der Waals surface area contributed by atoms with E-state index < -0.39 is 0 Å². The fourth-order valence-electron chi connectivity index (χ4n) is 1.32. The van der Waals surface area contributed by atoms with Crippen molar-refractivity contribution in [3.05, 3.63) is 57.5 Å². The Labute approximate surface area is 118 Å². The molecular formula is C13H7BrClNS. The fraction of sp³-hybridized carbons (Fsp3) is 0. The lowest BCUT2D eigenvalue weighted by Gasteiger charge is -2.05. The first-order valence-corrected chi connectivity index (χ1v) is 6.81. The summed E-state index contributed by atoms with van der Waals surface area (Å²) in [4.78, 5) is 1.98. The number of rotatable bonds is 2. The van der Waals surface area contributed by atoms with Gasteiger partial charge < -0.3 is 0 Å². The molecule has 0 amide bonds. The first kappa shape index (κ1) is 12.5. The van der Waals surface area contributed by atoms with Crippen LogP contribution >= 0.6 is 39.3 Å². The van der Waals surface area contributed by atoms with Crippen LogP contribution in [0.2, 0.25) is 5.02 Å². The largest absolute Gasteiger partial charge is 0.192 e. The van der Waals surface area contributed by atoms with Crippen molar-refractivity contribution in [2.24, 2.45) is 0 Å². The summed E-state index contributed by atoms with van der Waals surface area (Å²) in [5.41, 5.74) is 0.596. The molecule has 0 saturated heterocycles. The molecular weight excluding hydrogens is 318 g/mol. The van der Waals surface area contributed by atoms with E-state index in [0.717, 1.165) is 14.3 Å². The third-order valence-electron chi connectivity index (χ3n) is 2.12. The van der Waals surface area contributed by atoms with E-state index in [-0.39, 0.29) is 0 Å². The van der Waals surface area contributed by atoms with Crippen LogP contribution in [-0.4, -0.2) is 0 Å². The predicted molar refractivity (Wildman–Crippen MR) is 74.4 cm³/mol. The van der Waals surface area contributed by atoms with Crippen molar-refractivity contribution in [3.63, 3.8) is 0 Å². The summed E-state index contributed by atoms with van der Waals surface area (Å²) in [5, 5.41) is 9.64. The smallest absolute Gasteiger partial charge is 0.100 e. The lowest BCUT2D eigenvalue weighted by atomic mass is 10.2. The lowest BCUT2D eigenvalue weighted by molar-refractivity contribution is 1.34. The van der Waals surface area contributed by atoms with Gasteiger partial charge >= 0.3 is 0 Å². The van der Waals surface area contributed by atoms with Crippen LogP contribution in [0.3, 0.4) is 0 Å². The van der Waals surface area contributed by atoms with E-state index >= 15 is 0 Å². The van der Waals surface area contributed by atoms with Gasteiger partial charge in [0.15, 0.2) is 0 Å². The van der Waals surface area contributed by atoms with E-state index in [2.05, 4.69) is 22.0 Å². The van der Waals surface area contributed by atoms with Gasteiger partial charge in [0.1, 0.15) is 6.07 Å². The Balaban J connectivity index is 2.37. The number of benzene rings is 2. The first-order chi connectivity index (χ1) is 8.20. The monoisotopic (exact) mass is 323 g/mol. The topological polar surface area (TPSA) is 23.8 Å². The molecule has 0 aliphatic carbocycles. The molecule has 4 heteroatoms. The normalized spacial score (nSPS) is 9.94. The molecule has 2 aromatic rings. The summed E-state index contributed by atoms with van der Waals surface area (Å²) >= 11 is 10.9. The van der Waals surface area contributed by atoms with Crippen LogP contribution in [0.5, 0.6) is 0 Å². The Hall–Kier alpha value is -0.950. The minimum Gasteiger partial charge on any atom is -0.192 e. The summed E-state index contributed by atoms with van der Waals surface area (Å²) in [5.74, 6) is 0. The minimum atomic E-state index is 0.582. The molecule has 2 aromatic carbocycles. The molecule has 0 aliphatic rings. The highest BCUT2D eigenvalue weighted by Gasteiger charge is 2.07. The van der Waals surface area contributed by atoms with Gasteiger partial charge in [-0.25, -0.2) is 0 Å². The Morgan fingerprint density at radius 2 is 1.88 bits per heavy atom. The van der Waals surface area contributed by atoms with Crippen molar-refractivity contribution in [2.45, 2.75) is 9.79 Å². The van der Waals surface area contributed by atoms with Gasteiger partial charge in [-0.15, -0.1) is 0 Å². The Bertz CT molecular complexity index is 592. The second-order valence-electron chi connectivity index (χ2n) is 3.28. The number of hydrogen-bond acceptors (Lipinski definition) is 2. The van der Waals surface area contributed by atoms with E-state index in [9.17, 15) is 0 Å². The number of halogens is 2. The van der Waals surface area contributed by atoms with Crippen molar-refractivity contribution >= 4 is 39.3 Å². The summed E-state index contributed by atoms with van der Waals surface area (Å²) in [7, 11) is 0. The molecule has 0 aromatic heterocycles. The van der Waals surface area contributed by atoms with E-state index in [1.165, 1.54) is 0 Å². The average Bonchev–Trinajstić information content (AvgIpc) is 2.34. The maximum atomic E-state index is 9.06. The lowest BCUT2D eigenvalue weighted by Crippen LogP contribution is -1.82. The second-order valence-corrected chi connectivity index (χ2v) is 5.66. The summed E-state index contributed by atoms with van der Waals surface area (Å²) in [6, 6.07) is 15.4. The molecule has 1 nitrogen and oxygen atoms in total. The molecule has 0 fully saturated rings. The van der Waals surface area contributed by atoms with Gasteiger partial charge in [0, 0.05) is 19.3 Å². The molecule has 0 bridgehead atoms. The van der Waals surface area contributed by atoms with E-state index in [1.807, 2.05) is 30.3 Å². The molecule has 0 N–H and O–H groups in total. The van der Waals surface area contributed by atoms with Gasteiger partial charge in [0.2, 0.25) is 0 Å². The van der Waals surface area contributed by atoms with Crippen molar-refractivity contribution in [1.82, 2.24) is 0 Å². The number of hydrogen-bond donors (Lipinski definition) is 0. The van der Waals surface area contributed by atoms with Crippen LogP contribution in [0.15, 0.2) is 56.7 Å². The molecule has 0 heterocycles. The molecule has 0 atom stereocenters. The SMILES string of the molecule is N#Cc1cc(Cl)ccc1Sc1ccccc1Br. The standard InChI is InChI=1S/C13H7BrClNS/c14-11-3-1-2-4-13(11)17-12-6-5-10(15)7-9(12)8-16/h1-7H. The Morgan fingerprint density at radius 1 is 1.12 bits per heavy atom. The molecule has 0 aliphatic heterocycles. The molecule has 2 rings (SSSR count). The summed E-state index contributed by atoms with van der Waals surface area (Å²) in [6.45, 7) is 0. The maximum absolute atomic E-state index is 9.06. The Morgan fingerprint density at radius 3 is 2.59 bits per heavy atom. The van der Waals surface area contributed by atoms with Gasteiger partial charge in [-0.1, -0.05) is 35.5 Å². The zero-order chi connectivity index (χ0) is 12.3. The highest BCUT2D eigenvalue weighted by atomic mass is 79.9. The van der Waals surface area contributed by atoms with Crippen LogP contribution in [0.1, 0.15) is 5.56 Å². The average molecular weight is 325 g/mol. The minimum absolute atomic E-state index is 0.582. The van der Waals surface area contributed by atoms with Gasteiger partial charge in [-0.05, 0) is 46.3 Å². The number of nitrogens with zero attached hydrogens (tertiary/aromatic N) is 1. The fourth-order valence-corrected chi connectivity index (χ4v) is 2.92. The molecule has 17 heavy (non-hydrogen) atoms. The third kappa shape index (κ3) is 3.04. The van der Waals surface area contributed by atoms with Crippen LogP contribution < -0.4 is 0 Å². The van der Waals surface area contributed by atoms with Crippen molar-refractivity contribution in [1.29, 1.82) is 5.26 Å². The zero-order valence-corrected chi connectivity index (χ0v) is 11.8. The highest BCUT2D eigenvalue weighted by Crippen LogP contribution is 2.35. The molecule has 0 saturated carbocycles. The Kier molecular flexibility index (Phi) is 4.11. The number of nitriles is 1. The maximum Gasteiger partial charge on any atom is 0.100 e. The van der Waals surface area contributed by atoms with Gasteiger partial charge in [-0.2, -0.15) is 5.26 Å². The summed E-state index contributed by atoms with van der Waals surface area (Å²) < 4.78 is 1.02. The van der Waals surface area contributed by atoms with Gasteiger partial charge in [-0.3, -0.25) is 0 Å². The molecule has 0 spiro atoms. The van der Waals surface area contributed by atoms with Gasteiger partial charge in [0.05, 0.1) is 5.56 Å². The van der Waals surface area contributed by atoms with E-state index in [0.29, 0.717) is 10.6 Å². The third-order valence-corrected chi connectivity index (χ3v) is 4.46. The zero-order valence-electron chi connectivity index (χ0n) is 8.65. The van der Waals surface area contributed by atoms with Crippen molar-refractivity contribution in [2.75, 3.05) is 0 Å². The van der Waals surface area contributed by atoms with Crippen molar-refractivity contribution in [3.8, 4) is 6.07 Å². The second kappa shape index (κ2) is 5.59. The van der Waals surface area contributed by atoms with Gasteiger partial charge in [0.25, 0.3) is 0 Å². The highest BCUT2D eigenvalue weighted by molar-refractivity contribution is 9.10. The van der Waals surface area contributed by atoms with E-state index in [4.69, 9.17) is 16.9 Å². The summed E-state index contributed by atoms with van der Waals surface area (Å²) in [6.07, 6.45) is 0. The molecule has 84 valence electrons.